The summed E-state index contributed by atoms with van der Waals surface area (Å²) in [6.07, 6.45) is 2.04. The molecule has 0 aromatic heterocycles. The Kier molecular flexibility index (Phi) is 5.56. The molecular weight excluding hydrogens is 254 g/mol. The minimum atomic E-state index is 0.137. The first-order valence-electron chi connectivity index (χ1n) is 7.18. The van der Waals surface area contributed by atoms with Crippen LogP contribution < -0.4 is 4.90 Å². The molecule has 0 atom stereocenters. The van der Waals surface area contributed by atoms with Gasteiger partial charge in [0.05, 0.1) is 13.2 Å². The molecule has 0 saturated heterocycles. The molecule has 1 aliphatic heterocycles. The molecule has 1 heterocycles. The number of ketones is 1. The van der Waals surface area contributed by atoms with Crippen molar-refractivity contribution in [2.45, 2.75) is 19.8 Å². The number of methoxy groups -OCH3 is 1. The van der Waals surface area contributed by atoms with E-state index in [1.807, 2.05) is 12.1 Å². The predicted molar refractivity (Wildman–Crippen MR) is 79.7 cm³/mol. The first kappa shape index (κ1) is 15.0. The van der Waals surface area contributed by atoms with E-state index >= 15 is 0 Å². The standard InChI is InChI=1S/C16H23NO3/c1-13(18)14-4-5-16-15(12-14)6-8-17(16)7-3-9-20-11-10-19-2/h4-5,12H,3,6-11H2,1-2H3. The van der Waals surface area contributed by atoms with Gasteiger partial charge in [-0.15, -0.1) is 0 Å². The van der Waals surface area contributed by atoms with Crippen molar-refractivity contribution in [3.63, 3.8) is 0 Å². The molecular formula is C16H23NO3. The highest BCUT2D eigenvalue weighted by Gasteiger charge is 2.19. The van der Waals surface area contributed by atoms with Crippen molar-refractivity contribution in [1.29, 1.82) is 0 Å². The lowest BCUT2D eigenvalue weighted by Crippen LogP contribution is -2.23. The SMILES string of the molecule is COCCOCCCN1CCc2cc(C(C)=O)ccc21. The van der Waals surface area contributed by atoms with Crippen LogP contribution in [0, 0.1) is 0 Å². The van der Waals surface area contributed by atoms with Gasteiger partial charge in [-0.25, -0.2) is 0 Å². The van der Waals surface area contributed by atoms with Crippen molar-refractivity contribution in [1.82, 2.24) is 0 Å². The Bertz CT molecular complexity index is 459. The predicted octanol–water partition coefficient (Wildman–Crippen LogP) is 2.30. The second-order valence-electron chi connectivity index (χ2n) is 5.10. The van der Waals surface area contributed by atoms with E-state index in [4.69, 9.17) is 9.47 Å². The number of ether oxygens (including phenoxy) is 2. The second-order valence-corrected chi connectivity index (χ2v) is 5.10. The minimum Gasteiger partial charge on any atom is -0.382 e. The van der Waals surface area contributed by atoms with Gasteiger partial charge in [0.2, 0.25) is 0 Å². The highest BCUT2D eigenvalue weighted by atomic mass is 16.5. The van der Waals surface area contributed by atoms with Gasteiger partial charge in [-0.3, -0.25) is 4.79 Å². The average Bonchev–Trinajstić information content (AvgIpc) is 2.85. The molecule has 0 bridgehead atoms. The monoisotopic (exact) mass is 277 g/mol. The zero-order valence-electron chi connectivity index (χ0n) is 12.4. The van der Waals surface area contributed by atoms with E-state index in [2.05, 4.69) is 11.0 Å². The Balaban J connectivity index is 1.81. The van der Waals surface area contributed by atoms with Crippen molar-refractivity contribution in [2.24, 2.45) is 0 Å². The molecule has 0 amide bonds. The lowest BCUT2D eigenvalue weighted by atomic mass is 10.1. The molecule has 0 fully saturated rings. The first-order chi connectivity index (χ1) is 9.72. The van der Waals surface area contributed by atoms with Crippen LogP contribution in [0.1, 0.15) is 29.3 Å². The third-order valence-corrected chi connectivity index (χ3v) is 3.63. The second kappa shape index (κ2) is 7.41. The lowest BCUT2D eigenvalue weighted by Gasteiger charge is -2.19. The van der Waals surface area contributed by atoms with Crippen molar-refractivity contribution in [3.8, 4) is 0 Å². The number of Topliss-reactive ketones (excluding diaryl/α,β-unsaturated/α-hetero) is 1. The largest absolute Gasteiger partial charge is 0.382 e. The van der Waals surface area contributed by atoms with E-state index in [0.29, 0.717) is 13.2 Å². The van der Waals surface area contributed by atoms with Crippen LogP contribution in [0.4, 0.5) is 5.69 Å². The molecule has 1 aliphatic rings. The fourth-order valence-corrected chi connectivity index (χ4v) is 2.52. The highest BCUT2D eigenvalue weighted by molar-refractivity contribution is 5.94. The molecule has 1 aromatic rings. The molecule has 0 unspecified atom stereocenters. The average molecular weight is 277 g/mol. The molecule has 4 heteroatoms. The summed E-state index contributed by atoms with van der Waals surface area (Å²) in [5.74, 6) is 0.137. The zero-order valence-corrected chi connectivity index (χ0v) is 12.4. The fraction of sp³-hybridized carbons (Fsp3) is 0.562. The Morgan fingerprint density at radius 1 is 1.30 bits per heavy atom. The van der Waals surface area contributed by atoms with Crippen LogP contribution >= 0.6 is 0 Å². The number of benzene rings is 1. The summed E-state index contributed by atoms with van der Waals surface area (Å²) < 4.78 is 10.4. The van der Waals surface area contributed by atoms with Gasteiger partial charge in [-0.1, -0.05) is 0 Å². The maximum Gasteiger partial charge on any atom is 0.159 e. The van der Waals surface area contributed by atoms with Gasteiger partial charge >= 0.3 is 0 Å². The number of hydrogen-bond donors (Lipinski definition) is 0. The van der Waals surface area contributed by atoms with E-state index in [1.165, 1.54) is 11.3 Å². The molecule has 0 spiro atoms. The van der Waals surface area contributed by atoms with E-state index in [9.17, 15) is 4.79 Å². The maximum atomic E-state index is 11.4. The summed E-state index contributed by atoms with van der Waals surface area (Å²) in [4.78, 5) is 13.8. The molecule has 110 valence electrons. The molecule has 0 aliphatic carbocycles. The van der Waals surface area contributed by atoms with Crippen molar-refractivity contribution in [2.75, 3.05) is 44.9 Å². The van der Waals surface area contributed by atoms with Gasteiger partial charge in [0.25, 0.3) is 0 Å². The maximum absolute atomic E-state index is 11.4. The summed E-state index contributed by atoms with van der Waals surface area (Å²) in [5.41, 5.74) is 3.37. The third kappa shape index (κ3) is 3.81. The molecule has 0 saturated carbocycles. The smallest absolute Gasteiger partial charge is 0.159 e. The number of carbonyl (C=O) groups excluding carboxylic acids is 1. The number of hydrogen-bond acceptors (Lipinski definition) is 4. The first-order valence-corrected chi connectivity index (χ1v) is 7.18. The highest BCUT2D eigenvalue weighted by Crippen LogP contribution is 2.28. The topological polar surface area (TPSA) is 38.8 Å². The van der Waals surface area contributed by atoms with Crippen LogP contribution in [0.5, 0.6) is 0 Å². The van der Waals surface area contributed by atoms with E-state index in [1.54, 1.807) is 14.0 Å². The van der Waals surface area contributed by atoms with Gasteiger partial charge < -0.3 is 14.4 Å². The molecule has 2 rings (SSSR count). The summed E-state index contributed by atoms with van der Waals surface area (Å²) >= 11 is 0. The summed E-state index contributed by atoms with van der Waals surface area (Å²) in [6, 6.07) is 6.03. The number of anilines is 1. The van der Waals surface area contributed by atoms with Crippen LogP contribution in [-0.4, -0.2) is 45.8 Å². The molecule has 4 nitrogen and oxygen atoms in total. The zero-order chi connectivity index (χ0) is 14.4. The molecule has 0 N–H and O–H groups in total. The van der Waals surface area contributed by atoms with Crippen LogP contribution in [0.2, 0.25) is 0 Å². The van der Waals surface area contributed by atoms with E-state index in [0.717, 1.165) is 38.1 Å². The van der Waals surface area contributed by atoms with Crippen LogP contribution in [-0.2, 0) is 15.9 Å². The van der Waals surface area contributed by atoms with Gasteiger partial charge in [0.1, 0.15) is 0 Å². The third-order valence-electron chi connectivity index (χ3n) is 3.63. The Morgan fingerprint density at radius 2 is 2.15 bits per heavy atom. The van der Waals surface area contributed by atoms with Gasteiger partial charge in [0.15, 0.2) is 5.78 Å². The van der Waals surface area contributed by atoms with Crippen molar-refractivity contribution < 1.29 is 14.3 Å². The molecule has 20 heavy (non-hydrogen) atoms. The van der Waals surface area contributed by atoms with Crippen LogP contribution in [0.25, 0.3) is 0 Å². The van der Waals surface area contributed by atoms with Crippen molar-refractivity contribution >= 4 is 11.5 Å². The Morgan fingerprint density at radius 3 is 2.90 bits per heavy atom. The molecule has 1 aromatic carbocycles. The lowest BCUT2D eigenvalue weighted by molar-refractivity contribution is 0.0701. The molecule has 0 radical (unpaired) electrons. The van der Waals surface area contributed by atoms with E-state index < -0.39 is 0 Å². The van der Waals surface area contributed by atoms with Gasteiger partial charge in [0, 0.05) is 38.1 Å². The Hall–Kier alpha value is -1.39. The minimum absolute atomic E-state index is 0.137. The van der Waals surface area contributed by atoms with Crippen LogP contribution in [0.15, 0.2) is 18.2 Å². The van der Waals surface area contributed by atoms with Crippen molar-refractivity contribution in [3.05, 3.63) is 29.3 Å². The summed E-state index contributed by atoms with van der Waals surface area (Å²) in [7, 11) is 1.68. The summed E-state index contributed by atoms with van der Waals surface area (Å²) in [5, 5.41) is 0. The van der Waals surface area contributed by atoms with Gasteiger partial charge in [-0.05, 0) is 43.5 Å². The van der Waals surface area contributed by atoms with Crippen LogP contribution in [0.3, 0.4) is 0 Å². The van der Waals surface area contributed by atoms with E-state index in [-0.39, 0.29) is 5.78 Å². The quantitative estimate of drug-likeness (QED) is 0.540. The normalized spacial score (nSPS) is 13.6. The summed E-state index contributed by atoms with van der Waals surface area (Å²) in [6.45, 7) is 5.73. The van der Waals surface area contributed by atoms with Gasteiger partial charge in [-0.2, -0.15) is 0 Å². The Labute approximate surface area is 120 Å². The number of fused-ring (bicyclic) bond motifs is 1. The fourth-order valence-electron chi connectivity index (χ4n) is 2.52. The number of carbonyl (C=O) groups is 1. The number of nitrogens with zero attached hydrogens (tertiary/aromatic N) is 1. The number of rotatable bonds is 8.